The number of carbonyl (C=O) groups is 5. The summed E-state index contributed by atoms with van der Waals surface area (Å²) in [6.07, 6.45) is -1.81. The van der Waals surface area contributed by atoms with E-state index in [1.807, 2.05) is 86.3 Å². The zero-order valence-corrected chi connectivity index (χ0v) is 28.8. The van der Waals surface area contributed by atoms with Crippen molar-refractivity contribution in [3.05, 3.63) is 107 Å². The Hall–Kier alpha value is -4.91. The fraction of sp³-hybridized carbons (Fsp3) is 0.395. The highest BCUT2D eigenvalue weighted by molar-refractivity contribution is 6.07. The van der Waals surface area contributed by atoms with E-state index in [0.29, 0.717) is 24.3 Å². The van der Waals surface area contributed by atoms with Gasteiger partial charge in [-0.15, -0.1) is 0 Å². The van der Waals surface area contributed by atoms with Crippen molar-refractivity contribution in [3.63, 3.8) is 0 Å². The molecule has 0 aromatic heterocycles. The number of ether oxygens (including phenoxy) is 1. The third-order valence-corrected chi connectivity index (χ3v) is 8.70. The summed E-state index contributed by atoms with van der Waals surface area (Å²) in [6.45, 7) is 6.71. The summed E-state index contributed by atoms with van der Waals surface area (Å²) < 4.78 is 5.39. The second-order valence-corrected chi connectivity index (χ2v) is 13.5. The van der Waals surface area contributed by atoms with E-state index in [1.165, 1.54) is 24.3 Å². The second-order valence-electron chi connectivity index (χ2n) is 13.5. The van der Waals surface area contributed by atoms with Crippen LogP contribution in [0, 0.1) is 0 Å². The van der Waals surface area contributed by atoms with Crippen LogP contribution in [0.1, 0.15) is 78.3 Å². The summed E-state index contributed by atoms with van der Waals surface area (Å²) in [4.78, 5) is 69.4. The number of carbonyl (C=O) groups excluding carboxylic acids is 5. The molecule has 1 fully saturated rings. The molecule has 0 radical (unpaired) electrons. The summed E-state index contributed by atoms with van der Waals surface area (Å²) in [5.74, 6) is -3.86. The predicted molar refractivity (Wildman–Crippen MR) is 187 cm³/mol. The molecule has 0 bridgehead atoms. The molecular weight excluding hydrogens is 638 g/mol. The van der Waals surface area contributed by atoms with Crippen LogP contribution in [0.15, 0.2) is 84.9 Å². The number of benzene rings is 3. The van der Waals surface area contributed by atoms with Crippen LogP contribution in [0.4, 0.5) is 0 Å². The highest BCUT2D eigenvalue weighted by atomic mass is 16.5. The fourth-order valence-corrected chi connectivity index (χ4v) is 6.07. The SMILES string of the molecule is CC(C)(C)N1CCC[C@@H]1C(=O)NC(C(O)CCc1ccccc1)N(C(=O)c1ccc(C(=O)OCc2ccccc2)cc1)C(=O)[C@@H](N)CC(N)=O. The first-order chi connectivity index (χ1) is 23.8. The standard InChI is InChI=1S/C38H47N5O7/c1-38(2,3)42-22-10-15-30(42)34(46)41-33(31(44)21-16-25-11-6-4-7-12-25)43(36(48)29(39)23-32(40)45)35(47)27-17-19-28(20-18-27)37(49)50-24-26-13-8-5-9-14-26/h4-9,11-14,17-20,29-31,33,44H,10,15-16,21-24,39H2,1-3H3,(H2,40,45)(H,41,46)/t29-,30+,31?,33?/m0/s1. The Morgan fingerprint density at radius 1 is 0.920 bits per heavy atom. The van der Waals surface area contributed by atoms with Gasteiger partial charge in [0.25, 0.3) is 5.91 Å². The number of nitrogens with two attached hydrogens (primary N) is 2. The van der Waals surface area contributed by atoms with Crippen molar-refractivity contribution >= 4 is 29.6 Å². The minimum absolute atomic E-state index is 0.0315. The molecule has 0 aliphatic carbocycles. The summed E-state index contributed by atoms with van der Waals surface area (Å²) in [5.41, 5.74) is 12.9. The number of esters is 1. The molecule has 4 atom stereocenters. The smallest absolute Gasteiger partial charge is 0.338 e. The molecule has 2 unspecified atom stereocenters. The molecular formula is C38H47N5O7. The highest BCUT2D eigenvalue weighted by Crippen LogP contribution is 2.27. The average Bonchev–Trinajstić information content (AvgIpc) is 3.61. The van der Waals surface area contributed by atoms with E-state index >= 15 is 0 Å². The van der Waals surface area contributed by atoms with E-state index in [0.717, 1.165) is 17.5 Å². The van der Waals surface area contributed by atoms with Gasteiger partial charge in [0.05, 0.1) is 30.2 Å². The van der Waals surface area contributed by atoms with Gasteiger partial charge in [-0.3, -0.25) is 29.0 Å². The number of hydrogen-bond acceptors (Lipinski definition) is 9. The van der Waals surface area contributed by atoms with Gasteiger partial charge in [-0.25, -0.2) is 4.79 Å². The third-order valence-electron chi connectivity index (χ3n) is 8.70. The van der Waals surface area contributed by atoms with E-state index < -0.39 is 60.4 Å². The fourth-order valence-electron chi connectivity index (χ4n) is 6.07. The maximum absolute atomic E-state index is 14.3. The Bertz CT molecular complexity index is 1630. The van der Waals surface area contributed by atoms with Crippen LogP contribution >= 0.6 is 0 Å². The zero-order chi connectivity index (χ0) is 36.4. The Morgan fingerprint density at radius 3 is 2.08 bits per heavy atom. The van der Waals surface area contributed by atoms with Crippen LogP contribution in [0.2, 0.25) is 0 Å². The predicted octanol–water partition coefficient (Wildman–Crippen LogP) is 2.91. The van der Waals surface area contributed by atoms with Crippen LogP contribution in [-0.4, -0.2) is 80.9 Å². The molecule has 4 rings (SSSR count). The normalized spacial score (nSPS) is 16.5. The van der Waals surface area contributed by atoms with Crippen molar-refractivity contribution in [2.45, 2.75) is 89.4 Å². The van der Waals surface area contributed by atoms with Gasteiger partial charge in [0, 0.05) is 11.1 Å². The van der Waals surface area contributed by atoms with Gasteiger partial charge in [0.2, 0.25) is 17.7 Å². The van der Waals surface area contributed by atoms with Gasteiger partial charge in [-0.05, 0) is 88.4 Å². The summed E-state index contributed by atoms with van der Waals surface area (Å²) in [5, 5.41) is 14.5. The zero-order valence-electron chi connectivity index (χ0n) is 28.8. The number of rotatable bonds is 14. The van der Waals surface area contributed by atoms with Crippen molar-refractivity contribution in [1.29, 1.82) is 0 Å². The molecule has 1 aliphatic heterocycles. The number of hydrogen-bond donors (Lipinski definition) is 4. The number of aliphatic hydroxyl groups is 1. The summed E-state index contributed by atoms with van der Waals surface area (Å²) in [6, 6.07) is 21.8. The topological polar surface area (TPSA) is 185 Å². The number of amides is 4. The number of aliphatic hydroxyl groups excluding tert-OH is 1. The lowest BCUT2D eigenvalue weighted by Crippen LogP contribution is -2.64. The molecule has 1 aliphatic rings. The average molecular weight is 686 g/mol. The third kappa shape index (κ3) is 10.1. The first-order valence-corrected chi connectivity index (χ1v) is 16.8. The first kappa shape index (κ1) is 37.9. The van der Waals surface area contributed by atoms with Crippen LogP contribution in [-0.2, 0) is 32.1 Å². The quantitative estimate of drug-likeness (QED) is 0.146. The van der Waals surface area contributed by atoms with E-state index in [4.69, 9.17) is 16.2 Å². The second kappa shape index (κ2) is 17.1. The molecule has 1 heterocycles. The van der Waals surface area contributed by atoms with Gasteiger partial charge in [0.15, 0.2) is 0 Å². The summed E-state index contributed by atoms with van der Waals surface area (Å²) in [7, 11) is 0. The number of nitrogens with one attached hydrogen (secondary N) is 1. The van der Waals surface area contributed by atoms with E-state index in [1.54, 1.807) is 0 Å². The van der Waals surface area contributed by atoms with Gasteiger partial charge in [-0.2, -0.15) is 0 Å². The minimum Gasteiger partial charge on any atom is -0.457 e. The van der Waals surface area contributed by atoms with Crippen molar-refractivity contribution < 1.29 is 33.8 Å². The van der Waals surface area contributed by atoms with Crippen LogP contribution in [0.3, 0.4) is 0 Å². The molecule has 3 aromatic carbocycles. The van der Waals surface area contributed by atoms with Crippen molar-refractivity contribution in [1.82, 2.24) is 15.1 Å². The van der Waals surface area contributed by atoms with Gasteiger partial charge >= 0.3 is 5.97 Å². The minimum atomic E-state index is -1.55. The van der Waals surface area contributed by atoms with Crippen molar-refractivity contribution in [2.75, 3.05) is 6.54 Å². The van der Waals surface area contributed by atoms with Crippen LogP contribution in [0.25, 0.3) is 0 Å². The van der Waals surface area contributed by atoms with Gasteiger partial charge in [-0.1, -0.05) is 60.7 Å². The maximum Gasteiger partial charge on any atom is 0.338 e. The molecule has 1 saturated heterocycles. The Balaban J connectivity index is 1.66. The molecule has 266 valence electrons. The number of nitrogens with zero attached hydrogens (tertiary/aromatic N) is 2. The van der Waals surface area contributed by atoms with Gasteiger partial charge < -0.3 is 26.6 Å². The van der Waals surface area contributed by atoms with E-state index in [9.17, 15) is 29.1 Å². The van der Waals surface area contributed by atoms with Crippen molar-refractivity contribution in [3.8, 4) is 0 Å². The van der Waals surface area contributed by atoms with Gasteiger partial charge in [0.1, 0.15) is 12.8 Å². The number of imide groups is 1. The molecule has 12 heteroatoms. The van der Waals surface area contributed by atoms with Crippen LogP contribution in [0.5, 0.6) is 0 Å². The van der Waals surface area contributed by atoms with Crippen molar-refractivity contribution in [2.24, 2.45) is 11.5 Å². The molecule has 6 N–H and O–H groups in total. The molecule has 50 heavy (non-hydrogen) atoms. The Kier molecular flexibility index (Phi) is 13.0. The summed E-state index contributed by atoms with van der Waals surface area (Å²) >= 11 is 0. The highest BCUT2D eigenvalue weighted by Gasteiger charge is 2.42. The molecule has 12 nitrogen and oxygen atoms in total. The molecule has 0 saturated carbocycles. The molecule has 4 amide bonds. The first-order valence-electron chi connectivity index (χ1n) is 16.8. The molecule has 0 spiro atoms. The largest absolute Gasteiger partial charge is 0.457 e. The van der Waals surface area contributed by atoms with E-state index in [2.05, 4.69) is 5.32 Å². The Labute approximate surface area is 292 Å². The monoisotopic (exact) mass is 685 g/mol. The van der Waals surface area contributed by atoms with E-state index in [-0.39, 0.29) is 29.7 Å². The lowest BCUT2D eigenvalue weighted by molar-refractivity contribution is -0.140. The lowest BCUT2D eigenvalue weighted by Gasteiger charge is -2.39. The van der Waals surface area contributed by atoms with Crippen LogP contribution < -0.4 is 16.8 Å². The molecule has 3 aromatic rings. The Morgan fingerprint density at radius 2 is 1.50 bits per heavy atom. The number of aryl methyl sites for hydroxylation is 1. The lowest BCUT2D eigenvalue weighted by atomic mass is 10.0. The maximum atomic E-state index is 14.3. The number of likely N-dealkylation sites (tertiary alicyclic amines) is 1. The number of primary amides is 1.